The number of nitrogens with one attached hydrogen (secondary N) is 1. The lowest BCUT2D eigenvalue weighted by molar-refractivity contribution is -0.305. The normalized spacial score (nSPS) is 19.2. The van der Waals surface area contributed by atoms with Crippen LogP contribution in [0.5, 0.6) is 0 Å². The monoisotopic (exact) mass is 1140 g/mol. The fourth-order valence-corrected chi connectivity index (χ4v) is 10.0. The largest absolute Gasteiger partial charge is 0.454 e. The van der Waals surface area contributed by atoms with Crippen molar-refractivity contribution in [2.75, 3.05) is 13.2 Å². The number of carbonyl (C=O) groups excluding carboxylic acids is 2. The lowest BCUT2D eigenvalue weighted by Gasteiger charge is -2.41. The van der Waals surface area contributed by atoms with Crippen molar-refractivity contribution in [2.24, 2.45) is 0 Å². The maximum Gasteiger partial charge on any atom is 0.306 e. The van der Waals surface area contributed by atoms with E-state index in [4.69, 9.17) is 14.2 Å². The van der Waals surface area contributed by atoms with Crippen molar-refractivity contribution >= 4 is 11.9 Å². The third kappa shape index (κ3) is 45.0. The summed E-state index contributed by atoms with van der Waals surface area (Å²) in [7, 11) is 0. The molecule has 1 saturated heterocycles. The average molecular weight is 1140 g/mol. The van der Waals surface area contributed by atoms with Crippen LogP contribution >= 0.6 is 0 Å². The molecular formula is C70H123NO10. The second kappa shape index (κ2) is 57.3. The van der Waals surface area contributed by atoms with Gasteiger partial charge in [-0.25, -0.2) is 0 Å². The molecule has 1 amide bonds. The van der Waals surface area contributed by atoms with Gasteiger partial charge in [0.2, 0.25) is 5.91 Å². The molecule has 1 aliphatic rings. The summed E-state index contributed by atoms with van der Waals surface area (Å²) < 4.78 is 17.7. The van der Waals surface area contributed by atoms with Gasteiger partial charge in [-0.05, 0) is 96.3 Å². The molecule has 0 radical (unpaired) electrons. The summed E-state index contributed by atoms with van der Waals surface area (Å²) >= 11 is 0. The summed E-state index contributed by atoms with van der Waals surface area (Å²) in [6, 6.07) is -1.03. The summed E-state index contributed by atoms with van der Waals surface area (Å²) in [4.78, 5) is 26.6. The number of rotatable bonds is 56. The zero-order chi connectivity index (χ0) is 58.9. The number of allylic oxidation sites excluding steroid dienone is 13. The van der Waals surface area contributed by atoms with Gasteiger partial charge >= 0.3 is 5.97 Å². The summed E-state index contributed by atoms with van der Waals surface area (Å²) in [6.45, 7) is 5.68. The standard InChI is InChI=1S/C70H123NO10/c1-4-7-10-13-16-19-22-25-27-29-30-31-32-33-34-35-37-40-43-46-49-52-55-58-65(75)81-68-67(77)66(76)64(59-72)80-70(68)79-60-61(62(73)56-53-50-47-44-41-38-24-21-18-15-12-9-6-3)71-69(78)63(74)57-54-51-48-45-42-39-36-28-26-23-20-17-14-11-8-5-2/h7,10,16,19,25-28,30-31,33-34,53,56,61-64,66-68,70,72-74,76-77H,4-6,8-9,11-15,17-18,20-24,29,32,35-52,54-55,57-60H2,1-3H3,(H,71,78)/b10-7-,19-16-,27-25-,28-26+,31-30-,34-33-,56-53+. The third-order valence-electron chi connectivity index (χ3n) is 15.3. The first kappa shape index (κ1) is 75.9. The molecule has 0 aromatic rings. The Morgan fingerprint density at radius 2 is 0.889 bits per heavy atom. The van der Waals surface area contributed by atoms with E-state index in [0.717, 1.165) is 128 Å². The Kier molecular flexibility index (Phi) is 53.6. The summed E-state index contributed by atoms with van der Waals surface area (Å²) in [5, 5.41) is 57.1. The van der Waals surface area contributed by atoms with Crippen molar-refractivity contribution in [3.63, 3.8) is 0 Å². The molecule has 6 N–H and O–H groups in total. The van der Waals surface area contributed by atoms with Gasteiger partial charge in [-0.2, -0.15) is 0 Å². The van der Waals surface area contributed by atoms with E-state index in [1.54, 1.807) is 6.08 Å². The molecule has 11 nitrogen and oxygen atoms in total. The van der Waals surface area contributed by atoms with Crippen LogP contribution in [0.25, 0.3) is 0 Å². The van der Waals surface area contributed by atoms with Gasteiger partial charge < -0.3 is 45.1 Å². The molecule has 8 atom stereocenters. The summed E-state index contributed by atoms with van der Waals surface area (Å²) in [6.07, 6.45) is 64.7. The van der Waals surface area contributed by atoms with E-state index in [9.17, 15) is 35.1 Å². The van der Waals surface area contributed by atoms with E-state index < -0.39 is 67.4 Å². The van der Waals surface area contributed by atoms with Crippen LogP contribution in [-0.2, 0) is 23.8 Å². The van der Waals surface area contributed by atoms with Crippen molar-refractivity contribution in [1.82, 2.24) is 5.32 Å². The fraction of sp³-hybridized carbons (Fsp3) is 0.771. The maximum absolute atomic E-state index is 13.4. The first-order valence-electron chi connectivity index (χ1n) is 33.4. The Morgan fingerprint density at radius 1 is 0.494 bits per heavy atom. The van der Waals surface area contributed by atoms with Gasteiger partial charge in [0.25, 0.3) is 0 Å². The molecule has 8 unspecified atom stereocenters. The predicted molar refractivity (Wildman–Crippen MR) is 338 cm³/mol. The first-order chi connectivity index (χ1) is 39.7. The Labute approximate surface area is 495 Å². The molecule has 0 saturated carbocycles. The molecule has 1 heterocycles. The lowest BCUT2D eigenvalue weighted by Crippen LogP contribution is -2.61. The number of hydrogen-bond acceptors (Lipinski definition) is 10. The highest BCUT2D eigenvalue weighted by atomic mass is 16.7. The minimum Gasteiger partial charge on any atom is -0.454 e. The highest BCUT2D eigenvalue weighted by Gasteiger charge is 2.47. The Hall–Kier alpha value is -3.16. The van der Waals surface area contributed by atoms with Gasteiger partial charge in [0, 0.05) is 6.42 Å². The zero-order valence-corrected chi connectivity index (χ0v) is 51.9. The molecule has 0 aromatic carbocycles. The molecular weight excluding hydrogens is 1010 g/mol. The molecule has 1 aliphatic heterocycles. The van der Waals surface area contributed by atoms with Crippen molar-refractivity contribution < 1.29 is 49.3 Å². The maximum atomic E-state index is 13.4. The number of aliphatic hydroxyl groups excluding tert-OH is 5. The van der Waals surface area contributed by atoms with Crippen LogP contribution in [0.1, 0.15) is 284 Å². The van der Waals surface area contributed by atoms with E-state index in [2.05, 4.69) is 99.0 Å². The molecule has 81 heavy (non-hydrogen) atoms. The molecule has 0 aliphatic carbocycles. The summed E-state index contributed by atoms with van der Waals surface area (Å²) in [5.41, 5.74) is 0. The van der Waals surface area contributed by atoms with E-state index in [1.165, 1.54) is 109 Å². The minimum absolute atomic E-state index is 0.107. The third-order valence-corrected chi connectivity index (χ3v) is 15.3. The quantitative estimate of drug-likeness (QED) is 0.0195. The van der Waals surface area contributed by atoms with Gasteiger partial charge in [0.1, 0.15) is 24.4 Å². The molecule has 0 spiro atoms. The average Bonchev–Trinajstić information content (AvgIpc) is 3.53. The SMILES string of the molecule is CC/C=C\C/C=C\C/C=C\C/C=C\C/C=C\CCCCCCCCCC(=O)OC1C(OCC(NC(=O)C(O)CCCCCCCC/C=C/CCCCCCCC)C(O)/C=C/CCCCCCCCCCCCC)OC(CO)C(O)C1O. The van der Waals surface area contributed by atoms with Gasteiger partial charge in [-0.1, -0.05) is 266 Å². The number of ether oxygens (including phenoxy) is 3. The highest BCUT2D eigenvalue weighted by Crippen LogP contribution is 2.26. The van der Waals surface area contributed by atoms with E-state index in [1.807, 2.05) is 6.08 Å². The van der Waals surface area contributed by atoms with Crippen LogP contribution in [0.15, 0.2) is 85.1 Å². The zero-order valence-electron chi connectivity index (χ0n) is 51.9. The Bertz CT molecular complexity index is 1640. The first-order valence-corrected chi connectivity index (χ1v) is 33.4. The van der Waals surface area contributed by atoms with Crippen molar-refractivity contribution in [2.45, 2.75) is 333 Å². The van der Waals surface area contributed by atoms with Gasteiger partial charge in [0.15, 0.2) is 12.4 Å². The summed E-state index contributed by atoms with van der Waals surface area (Å²) in [5.74, 6) is -1.21. The van der Waals surface area contributed by atoms with Crippen molar-refractivity contribution in [3.8, 4) is 0 Å². The molecule has 0 aromatic heterocycles. The van der Waals surface area contributed by atoms with Gasteiger partial charge in [-0.3, -0.25) is 9.59 Å². The minimum atomic E-state index is -1.62. The van der Waals surface area contributed by atoms with Crippen molar-refractivity contribution in [3.05, 3.63) is 85.1 Å². The smallest absolute Gasteiger partial charge is 0.306 e. The molecule has 468 valence electrons. The van der Waals surface area contributed by atoms with Crippen LogP contribution < -0.4 is 5.32 Å². The number of hydrogen-bond donors (Lipinski definition) is 6. The molecule has 1 fully saturated rings. The van der Waals surface area contributed by atoms with Gasteiger partial charge in [-0.15, -0.1) is 0 Å². The second-order valence-electron chi connectivity index (χ2n) is 22.8. The van der Waals surface area contributed by atoms with Crippen molar-refractivity contribution in [1.29, 1.82) is 0 Å². The lowest BCUT2D eigenvalue weighted by atomic mass is 9.99. The number of unbranched alkanes of at least 4 members (excludes halogenated alkanes) is 30. The molecule has 11 heteroatoms. The van der Waals surface area contributed by atoms with Crippen LogP contribution in [0, 0.1) is 0 Å². The van der Waals surface area contributed by atoms with E-state index in [0.29, 0.717) is 12.8 Å². The van der Waals surface area contributed by atoms with E-state index >= 15 is 0 Å². The van der Waals surface area contributed by atoms with Crippen LogP contribution in [0.4, 0.5) is 0 Å². The van der Waals surface area contributed by atoms with Crippen LogP contribution in [0.3, 0.4) is 0 Å². The number of aliphatic hydroxyl groups is 5. The van der Waals surface area contributed by atoms with E-state index in [-0.39, 0.29) is 19.4 Å². The topological polar surface area (TPSA) is 175 Å². The Morgan fingerprint density at radius 3 is 1.35 bits per heavy atom. The molecule has 0 bridgehead atoms. The highest BCUT2D eigenvalue weighted by molar-refractivity contribution is 5.80. The van der Waals surface area contributed by atoms with Crippen LogP contribution in [0.2, 0.25) is 0 Å². The van der Waals surface area contributed by atoms with Crippen LogP contribution in [-0.4, -0.2) is 99.6 Å². The predicted octanol–water partition coefficient (Wildman–Crippen LogP) is 16.5. The number of amides is 1. The van der Waals surface area contributed by atoms with Gasteiger partial charge in [0.05, 0.1) is 25.4 Å². The fourth-order valence-electron chi connectivity index (χ4n) is 10.0. The number of carbonyl (C=O) groups is 2. The molecule has 1 rings (SSSR count). The Balaban J connectivity index is 2.65. The second-order valence-corrected chi connectivity index (χ2v) is 22.8. The number of esters is 1.